The third kappa shape index (κ3) is 3.09. The first-order valence-electron chi connectivity index (χ1n) is 6.45. The Hall–Kier alpha value is -2.50. The molecule has 0 saturated heterocycles. The van der Waals surface area contributed by atoms with Crippen LogP contribution in [0.3, 0.4) is 0 Å². The molecule has 0 spiro atoms. The lowest BCUT2D eigenvalue weighted by Crippen LogP contribution is -2.32. The number of carbonyl (C=O) groups is 1. The van der Waals surface area contributed by atoms with Gasteiger partial charge in [-0.1, -0.05) is 6.92 Å². The van der Waals surface area contributed by atoms with Crippen molar-refractivity contribution in [2.75, 3.05) is 5.73 Å². The number of nitrogens with zero attached hydrogens (tertiary/aromatic N) is 3. The van der Waals surface area contributed by atoms with Gasteiger partial charge in [0.25, 0.3) is 5.91 Å². The maximum absolute atomic E-state index is 12.0. The van der Waals surface area contributed by atoms with Crippen LogP contribution in [0.5, 0.6) is 0 Å². The lowest BCUT2D eigenvalue weighted by Gasteiger charge is -2.12. The number of hydrogen-bond donors (Lipinski definition) is 2. The summed E-state index contributed by atoms with van der Waals surface area (Å²) in [5, 5.41) is 2.83. The van der Waals surface area contributed by atoms with Gasteiger partial charge in [-0.05, 0) is 25.5 Å². The second-order valence-corrected chi connectivity index (χ2v) is 4.52. The van der Waals surface area contributed by atoms with Crippen molar-refractivity contribution >= 4 is 11.7 Å². The van der Waals surface area contributed by atoms with Crippen LogP contribution in [0.15, 0.2) is 30.7 Å². The molecule has 3 N–H and O–H groups in total. The van der Waals surface area contributed by atoms with E-state index >= 15 is 0 Å². The third-order valence-electron chi connectivity index (χ3n) is 2.97. The van der Waals surface area contributed by atoms with Crippen LogP contribution in [0.1, 0.15) is 30.6 Å². The van der Waals surface area contributed by atoms with Crippen molar-refractivity contribution in [2.24, 2.45) is 0 Å². The smallest absolute Gasteiger partial charge is 0.256 e. The fraction of sp³-hybridized carbons (Fsp3) is 0.286. The largest absolute Gasteiger partial charge is 0.383 e. The van der Waals surface area contributed by atoms with Crippen LogP contribution in [0.25, 0.3) is 11.4 Å². The van der Waals surface area contributed by atoms with Gasteiger partial charge >= 0.3 is 0 Å². The molecule has 0 aliphatic rings. The van der Waals surface area contributed by atoms with Gasteiger partial charge in [-0.3, -0.25) is 9.78 Å². The van der Waals surface area contributed by atoms with Gasteiger partial charge in [0.1, 0.15) is 5.82 Å². The van der Waals surface area contributed by atoms with Crippen LogP contribution in [0.2, 0.25) is 0 Å². The minimum absolute atomic E-state index is 0.0832. The van der Waals surface area contributed by atoms with Crippen LogP contribution >= 0.6 is 0 Å². The first kappa shape index (κ1) is 13.9. The molecule has 0 aliphatic heterocycles. The van der Waals surface area contributed by atoms with Gasteiger partial charge in [0, 0.05) is 30.2 Å². The van der Waals surface area contributed by atoms with Crippen molar-refractivity contribution in [3.05, 3.63) is 36.3 Å². The summed E-state index contributed by atoms with van der Waals surface area (Å²) in [6, 6.07) is 3.71. The number of pyridine rings is 1. The lowest BCUT2D eigenvalue weighted by atomic mass is 10.2. The first-order chi connectivity index (χ1) is 9.61. The zero-order valence-corrected chi connectivity index (χ0v) is 11.5. The second kappa shape index (κ2) is 6.10. The summed E-state index contributed by atoms with van der Waals surface area (Å²) >= 11 is 0. The molecule has 0 fully saturated rings. The summed E-state index contributed by atoms with van der Waals surface area (Å²) in [5.41, 5.74) is 6.89. The second-order valence-electron chi connectivity index (χ2n) is 4.52. The average molecular weight is 271 g/mol. The van der Waals surface area contributed by atoms with Gasteiger partial charge in [0.15, 0.2) is 5.82 Å². The Kier molecular flexibility index (Phi) is 4.24. The number of hydrogen-bond acceptors (Lipinski definition) is 5. The zero-order valence-electron chi connectivity index (χ0n) is 11.5. The first-order valence-corrected chi connectivity index (χ1v) is 6.45. The normalized spacial score (nSPS) is 11.9. The van der Waals surface area contributed by atoms with Crippen molar-refractivity contribution in [3.63, 3.8) is 0 Å². The van der Waals surface area contributed by atoms with Gasteiger partial charge in [-0.25, -0.2) is 9.97 Å². The number of rotatable bonds is 4. The van der Waals surface area contributed by atoms with E-state index in [1.807, 2.05) is 19.9 Å². The predicted molar refractivity (Wildman–Crippen MR) is 76.9 cm³/mol. The minimum Gasteiger partial charge on any atom is -0.383 e. The summed E-state index contributed by atoms with van der Waals surface area (Å²) in [7, 11) is 0. The van der Waals surface area contributed by atoms with Crippen LogP contribution in [-0.4, -0.2) is 26.9 Å². The molecule has 0 bridgehead atoms. The van der Waals surface area contributed by atoms with E-state index in [1.54, 1.807) is 18.5 Å². The summed E-state index contributed by atoms with van der Waals surface area (Å²) in [5.74, 6) is 0.366. The number of carbonyl (C=O) groups excluding carboxylic acids is 1. The maximum atomic E-state index is 12.0. The van der Waals surface area contributed by atoms with Crippen molar-refractivity contribution in [3.8, 4) is 11.4 Å². The number of nitrogens with one attached hydrogen (secondary N) is 1. The molecule has 0 aromatic carbocycles. The Morgan fingerprint density at radius 3 is 2.85 bits per heavy atom. The van der Waals surface area contributed by atoms with Crippen molar-refractivity contribution in [1.29, 1.82) is 0 Å². The molecule has 0 aliphatic carbocycles. The van der Waals surface area contributed by atoms with Gasteiger partial charge in [0.05, 0.1) is 5.56 Å². The summed E-state index contributed by atoms with van der Waals surface area (Å²) in [6.45, 7) is 3.93. The van der Waals surface area contributed by atoms with E-state index in [2.05, 4.69) is 20.3 Å². The molecule has 1 amide bonds. The Labute approximate surface area is 117 Å². The Balaban J connectivity index is 2.24. The van der Waals surface area contributed by atoms with E-state index in [1.165, 1.54) is 6.20 Å². The third-order valence-corrected chi connectivity index (χ3v) is 2.97. The number of nitrogen functional groups attached to an aromatic ring is 1. The zero-order chi connectivity index (χ0) is 14.5. The van der Waals surface area contributed by atoms with E-state index in [9.17, 15) is 4.79 Å². The molecule has 20 heavy (non-hydrogen) atoms. The molecule has 6 heteroatoms. The molecule has 2 rings (SSSR count). The Bertz CT molecular complexity index is 600. The predicted octanol–water partition coefficient (Wildman–Crippen LogP) is 1.65. The van der Waals surface area contributed by atoms with Gasteiger partial charge < -0.3 is 11.1 Å². The van der Waals surface area contributed by atoms with Gasteiger partial charge in [-0.15, -0.1) is 0 Å². The summed E-state index contributed by atoms with van der Waals surface area (Å²) in [4.78, 5) is 24.3. The van der Waals surface area contributed by atoms with Crippen molar-refractivity contribution < 1.29 is 4.79 Å². The molecule has 0 radical (unpaired) electrons. The van der Waals surface area contributed by atoms with Crippen molar-refractivity contribution in [2.45, 2.75) is 26.3 Å². The standard InChI is InChI=1S/C14H17N5O/c1-3-9(2)18-14(20)11-8-17-13(19-12(11)15)10-5-4-6-16-7-10/h4-9H,3H2,1-2H3,(H,18,20)(H2,15,17,19). The van der Waals surface area contributed by atoms with Crippen LogP contribution in [0, 0.1) is 0 Å². The summed E-state index contributed by atoms with van der Waals surface area (Å²) in [6.07, 6.45) is 5.61. The molecule has 1 atom stereocenters. The summed E-state index contributed by atoms with van der Waals surface area (Å²) < 4.78 is 0. The molecule has 2 aromatic heterocycles. The highest BCUT2D eigenvalue weighted by molar-refractivity contribution is 5.98. The Morgan fingerprint density at radius 1 is 1.45 bits per heavy atom. The molecule has 0 saturated carbocycles. The van der Waals surface area contributed by atoms with Crippen molar-refractivity contribution in [1.82, 2.24) is 20.3 Å². The van der Waals surface area contributed by atoms with Crippen LogP contribution in [0.4, 0.5) is 5.82 Å². The molecule has 2 aromatic rings. The topological polar surface area (TPSA) is 93.8 Å². The molecule has 1 unspecified atom stereocenters. The van der Waals surface area contributed by atoms with E-state index < -0.39 is 0 Å². The molecule has 104 valence electrons. The van der Waals surface area contributed by atoms with E-state index in [0.29, 0.717) is 5.82 Å². The highest BCUT2D eigenvalue weighted by Crippen LogP contribution is 2.16. The minimum atomic E-state index is -0.255. The molecular formula is C14H17N5O. The lowest BCUT2D eigenvalue weighted by molar-refractivity contribution is 0.0939. The van der Waals surface area contributed by atoms with Gasteiger partial charge in [-0.2, -0.15) is 0 Å². The quantitative estimate of drug-likeness (QED) is 0.881. The van der Waals surface area contributed by atoms with E-state index in [0.717, 1.165) is 12.0 Å². The van der Waals surface area contributed by atoms with Crippen LogP contribution in [-0.2, 0) is 0 Å². The number of aromatic nitrogens is 3. The number of nitrogens with two attached hydrogens (primary N) is 1. The Morgan fingerprint density at radius 2 is 2.25 bits per heavy atom. The maximum Gasteiger partial charge on any atom is 0.256 e. The fourth-order valence-electron chi connectivity index (χ4n) is 1.61. The number of amides is 1. The fourth-order valence-corrected chi connectivity index (χ4v) is 1.61. The average Bonchev–Trinajstić information content (AvgIpc) is 2.47. The molecule has 6 nitrogen and oxygen atoms in total. The SMILES string of the molecule is CCC(C)NC(=O)c1cnc(-c2cccnc2)nc1N. The highest BCUT2D eigenvalue weighted by atomic mass is 16.1. The monoisotopic (exact) mass is 271 g/mol. The highest BCUT2D eigenvalue weighted by Gasteiger charge is 2.14. The van der Waals surface area contributed by atoms with Crippen LogP contribution < -0.4 is 11.1 Å². The van der Waals surface area contributed by atoms with E-state index in [4.69, 9.17) is 5.73 Å². The molecule has 2 heterocycles. The number of anilines is 1. The van der Waals surface area contributed by atoms with E-state index in [-0.39, 0.29) is 23.3 Å². The van der Waals surface area contributed by atoms with Gasteiger partial charge in [0.2, 0.25) is 0 Å². The molecular weight excluding hydrogens is 254 g/mol.